The molecule has 1 amide bonds. The van der Waals surface area contributed by atoms with E-state index in [1.165, 1.54) is 6.42 Å². The maximum absolute atomic E-state index is 12.2. The van der Waals surface area contributed by atoms with Gasteiger partial charge in [0.1, 0.15) is 0 Å². The van der Waals surface area contributed by atoms with E-state index in [4.69, 9.17) is 5.73 Å². The zero-order valence-electron chi connectivity index (χ0n) is 12.4. The van der Waals surface area contributed by atoms with Gasteiger partial charge in [-0.2, -0.15) is 0 Å². The lowest BCUT2D eigenvalue weighted by Gasteiger charge is -2.35. The van der Waals surface area contributed by atoms with Crippen molar-refractivity contribution in [3.63, 3.8) is 0 Å². The lowest BCUT2D eigenvalue weighted by atomic mass is 9.78. The molecule has 1 aromatic rings. The third kappa shape index (κ3) is 3.98. The van der Waals surface area contributed by atoms with Gasteiger partial charge in [-0.25, -0.2) is 0 Å². The molecule has 0 unspecified atom stereocenters. The summed E-state index contributed by atoms with van der Waals surface area (Å²) in [5.74, 6) is 0.504. The predicted molar refractivity (Wildman–Crippen MR) is 88.1 cm³/mol. The number of hydrogen-bond donors (Lipinski definition) is 3. The highest BCUT2D eigenvalue weighted by Gasteiger charge is 2.33. The first kappa shape index (κ1) is 16.3. The molecule has 1 aliphatic rings. The van der Waals surface area contributed by atoms with Crippen molar-refractivity contribution in [2.45, 2.75) is 44.6 Å². The fraction of sp³-hybridized carbons (Fsp3) is 0.562. The van der Waals surface area contributed by atoms with Crippen molar-refractivity contribution >= 4 is 27.5 Å². The first-order valence-corrected chi connectivity index (χ1v) is 8.29. The minimum absolute atomic E-state index is 0.208. The van der Waals surface area contributed by atoms with E-state index in [1.807, 2.05) is 0 Å². The Morgan fingerprint density at radius 2 is 2.14 bits per heavy atom. The zero-order valence-corrected chi connectivity index (χ0v) is 13.9. The summed E-state index contributed by atoms with van der Waals surface area (Å²) in [4.78, 5) is 12.2. The van der Waals surface area contributed by atoms with Gasteiger partial charge in [0.2, 0.25) is 0 Å². The minimum Gasteiger partial charge on any atom is -0.398 e. The second-order valence-corrected chi connectivity index (χ2v) is 6.76. The molecule has 5 heteroatoms. The van der Waals surface area contributed by atoms with E-state index in [1.54, 1.807) is 18.2 Å². The SMILES string of the molecule is CCC1CCC(O)(CNC(=O)c2cccc(N)c2Br)CC1. The average Bonchev–Trinajstić information content (AvgIpc) is 2.49. The second kappa shape index (κ2) is 6.79. The van der Waals surface area contributed by atoms with Gasteiger partial charge >= 0.3 is 0 Å². The van der Waals surface area contributed by atoms with Crippen LogP contribution in [-0.2, 0) is 0 Å². The van der Waals surface area contributed by atoms with Crippen LogP contribution in [0.3, 0.4) is 0 Å². The predicted octanol–water partition coefficient (Wildman–Crippen LogP) is 3.09. The van der Waals surface area contributed by atoms with Crippen LogP contribution in [0.2, 0.25) is 0 Å². The molecule has 0 radical (unpaired) electrons. The fourth-order valence-corrected chi connectivity index (χ4v) is 3.31. The molecule has 0 bridgehead atoms. The summed E-state index contributed by atoms with van der Waals surface area (Å²) >= 11 is 3.33. The molecule has 116 valence electrons. The molecule has 0 aromatic heterocycles. The van der Waals surface area contributed by atoms with E-state index in [-0.39, 0.29) is 5.91 Å². The summed E-state index contributed by atoms with van der Waals surface area (Å²) in [5.41, 5.74) is 6.04. The number of hydrogen-bond acceptors (Lipinski definition) is 3. The minimum atomic E-state index is -0.770. The van der Waals surface area contributed by atoms with Crippen LogP contribution in [0.1, 0.15) is 49.4 Å². The first-order chi connectivity index (χ1) is 9.95. The summed E-state index contributed by atoms with van der Waals surface area (Å²) in [5, 5.41) is 13.4. The average molecular weight is 355 g/mol. The van der Waals surface area contributed by atoms with Gasteiger partial charge in [-0.05, 0) is 59.7 Å². The molecule has 4 N–H and O–H groups in total. The Hall–Kier alpha value is -1.07. The summed E-state index contributed by atoms with van der Waals surface area (Å²) in [6.07, 6.45) is 4.74. The molecular weight excluding hydrogens is 332 g/mol. The van der Waals surface area contributed by atoms with Crippen molar-refractivity contribution < 1.29 is 9.90 Å². The van der Waals surface area contributed by atoms with Gasteiger partial charge < -0.3 is 16.2 Å². The van der Waals surface area contributed by atoms with E-state index < -0.39 is 5.60 Å². The number of aliphatic hydroxyl groups is 1. The molecule has 1 saturated carbocycles. The van der Waals surface area contributed by atoms with Crippen molar-refractivity contribution in [3.05, 3.63) is 28.2 Å². The van der Waals surface area contributed by atoms with Crippen LogP contribution in [0.15, 0.2) is 22.7 Å². The quantitative estimate of drug-likeness (QED) is 0.727. The third-order valence-electron chi connectivity index (χ3n) is 4.46. The summed E-state index contributed by atoms with van der Waals surface area (Å²) in [7, 11) is 0. The van der Waals surface area contributed by atoms with Gasteiger partial charge in [0, 0.05) is 12.2 Å². The topological polar surface area (TPSA) is 75.3 Å². The number of nitrogen functional groups attached to an aromatic ring is 1. The van der Waals surface area contributed by atoms with Crippen LogP contribution in [0.4, 0.5) is 5.69 Å². The number of nitrogens with two attached hydrogens (primary N) is 1. The highest BCUT2D eigenvalue weighted by molar-refractivity contribution is 9.10. The Bertz CT molecular complexity index is 511. The maximum atomic E-state index is 12.2. The summed E-state index contributed by atoms with van der Waals surface area (Å²) < 4.78 is 0.601. The summed E-state index contributed by atoms with van der Waals surface area (Å²) in [6, 6.07) is 5.20. The van der Waals surface area contributed by atoms with E-state index in [9.17, 15) is 9.90 Å². The molecule has 0 saturated heterocycles. The molecule has 1 fully saturated rings. The van der Waals surface area contributed by atoms with Crippen LogP contribution in [-0.4, -0.2) is 23.2 Å². The van der Waals surface area contributed by atoms with Crippen LogP contribution >= 0.6 is 15.9 Å². The Morgan fingerprint density at radius 3 is 2.76 bits per heavy atom. The molecule has 1 aliphatic carbocycles. The molecule has 0 spiro atoms. The van der Waals surface area contributed by atoms with Crippen molar-refractivity contribution in [3.8, 4) is 0 Å². The number of carbonyl (C=O) groups is 1. The number of rotatable bonds is 4. The molecular formula is C16H23BrN2O2. The maximum Gasteiger partial charge on any atom is 0.252 e. The fourth-order valence-electron chi connectivity index (χ4n) is 2.87. The van der Waals surface area contributed by atoms with Crippen LogP contribution < -0.4 is 11.1 Å². The van der Waals surface area contributed by atoms with Gasteiger partial charge in [-0.3, -0.25) is 4.79 Å². The number of nitrogens with one attached hydrogen (secondary N) is 1. The van der Waals surface area contributed by atoms with Crippen molar-refractivity contribution in [1.29, 1.82) is 0 Å². The van der Waals surface area contributed by atoms with Gasteiger partial charge in [-0.15, -0.1) is 0 Å². The lowest BCUT2D eigenvalue weighted by Crippen LogP contribution is -2.45. The molecule has 0 aliphatic heterocycles. The largest absolute Gasteiger partial charge is 0.398 e. The van der Waals surface area contributed by atoms with E-state index in [2.05, 4.69) is 28.2 Å². The van der Waals surface area contributed by atoms with E-state index in [0.29, 0.717) is 28.2 Å². The molecule has 0 atom stereocenters. The van der Waals surface area contributed by atoms with Crippen LogP contribution in [0.25, 0.3) is 0 Å². The molecule has 2 rings (SSSR count). The highest BCUT2D eigenvalue weighted by atomic mass is 79.9. The normalized spacial score (nSPS) is 25.6. The highest BCUT2D eigenvalue weighted by Crippen LogP contribution is 2.33. The van der Waals surface area contributed by atoms with E-state index >= 15 is 0 Å². The van der Waals surface area contributed by atoms with Gasteiger partial charge in [0.05, 0.1) is 15.6 Å². The molecule has 21 heavy (non-hydrogen) atoms. The number of benzene rings is 1. The smallest absolute Gasteiger partial charge is 0.252 e. The van der Waals surface area contributed by atoms with Crippen molar-refractivity contribution in [2.75, 3.05) is 12.3 Å². The van der Waals surface area contributed by atoms with Crippen molar-refractivity contribution in [2.24, 2.45) is 5.92 Å². The Labute approximate surface area is 134 Å². The Morgan fingerprint density at radius 1 is 1.48 bits per heavy atom. The number of anilines is 1. The number of carbonyl (C=O) groups excluding carboxylic acids is 1. The van der Waals surface area contributed by atoms with Crippen LogP contribution in [0.5, 0.6) is 0 Å². The van der Waals surface area contributed by atoms with Gasteiger partial charge in [0.15, 0.2) is 0 Å². The van der Waals surface area contributed by atoms with Crippen LogP contribution in [0, 0.1) is 5.92 Å². The standard InChI is InChI=1S/C16H23BrN2O2/c1-2-11-6-8-16(21,9-7-11)10-19-15(20)12-4-3-5-13(18)14(12)17/h3-5,11,21H,2,6-10,18H2,1H3,(H,19,20). The molecule has 1 aromatic carbocycles. The lowest BCUT2D eigenvalue weighted by molar-refractivity contribution is -0.00787. The van der Waals surface area contributed by atoms with E-state index in [0.717, 1.165) is 25.7 Å². The first-order valence-electron chi connectivity index (χ1n) is 7.50. The molecule has 4 nitrogen and oxygen atoms in total. The number of halogens is 1. The number of amides is 1. The van der Waals surface area contributed by atoms with Gasteiger partial charge in [0.25, 0.3) is 5.91 Å². The summed E-state index contributed by atoms with van der Waals surface area (Å²) in [6.45, 7) is 2.48. The van der Waals surface area contributed by atoms with Gasteiger partial charge in [-0.1, -0.05) is 19.4 Å². The molecule has 0 heterocycles. The second-order valence-electron chi connectivity index (χ2n) is 5.97. The monoisotopic (exact) mass is 354 g/mol. The zero-order chi connectivity index (χ0) is 15.5. The van der Waals surface area contributed by atoms with Crippen molar-refractivity contribution in [1.82, 2.24) is 5.32 Å². The Kier molecular flexibility index (Phi) is 5.27. The Balaban J connectivity index is 1.94. The third-order valence-corrected chi connectivity index (χ3v) is 5.35.